The lowest BCUT2D eigenvalue weighted by Gasteiger charge is -2.46. The molecule has 3 heterocycles. The van der Waals surface area contributed by atoms with Gasteiger partial charge in [0.1, 0.15) is 0 Å². The fourth-order valence-electron chi connectivity index (χ4n) is 4.73. The molecule has 2 amide bonds. The van der Waals surface area contributed by atoms with Crippen molar-refractivity contribution in [2.45, 2.75) is 37.6 Å². The largest absolute Gasteiger partial charge is 0.337 e. The zero-order valence-electron chi connectivity index (χ0n) is 14.6. The van der Waals surface area contributed by atoms with Crippen molar-refractivity contribution in [2.75, 3.05) is 31.5 Å². The van der Waals surface area contributed by atoms with E-state index in [1.807, 2.05) is 29.2 Å². The molecule has 132 valence electrons. The van der Waals surface area contributed by atoms with Gasteiger partial charge in [-0.3, -0.25) is 14.5 Å². The second-order valence-corrected chi connectivity index (χ2v) is 7.49. The molecule has 1 unspecified atom stereocenters. The number of carbonyl (C=O) groups excluding carboxylic acids is 2. The number of piperidine rings is 1. The molecule has 25 heavy (non-hydrogen) atoms. The normalized spacial score (nSPS) is 25.9. The van der Waals surface area contributed by atoms with Crippen LogP contribution in [0.4, 0.5) is 5.69 Å². The molecule has 1 N–H and O–H groups in total. The lowest BCUT2D eigenvalue weighted by molar-refractivity contribution is -0.115. The number of nitrogens with one attached hydrogen (secondary N) is 1. The van der Waals surface area contributed by atoms with E-state index in [9.17, 15) is 9.59 Å². The van der Waals surface area contributed by atoms with Crippen LogP contribution in [0.5, 0.6) is 0 Å². The third-order valence-electron chi connectivity index (χ3n) is 5.91. The number of fused-ring (bicyclic) bond motifs is 1. The number of benzene rings is 1. The number of amides is 2. The fourth-order valence-corrected chi connectivity index (χ4v) is 4.73. The third kappa shape index (κ3) is 2.86. The summed E-state index contributed by atoms with van der Waals surface area (Å²) in [6.07, 6.45) is 6.90. The molecule has 2 saturated heterocycles. The number of hydrogen-bond acceptors (Lipinski definition) is 3. The summed E-state index contributed by atoms with van der Waals surface area (Å²) in [6, 6.07) is 5.57. The predicted octanol–water partition coefficient (Wildman–Crippen LogP) is 2.44. The highest BCUT2D eigenvalue weighted by Crippen LogP contribution is 2.37. The van der Waals surface area contributed by atoms with Crippen LogP contribution in [0.1, 0.15) is 41.6 Å². The van der Waals surface area contributed by atoms with Crippen molar-refractivity contribution in [3.05, 3.63) is 42.0 Å². The maximum Gasteiger partial charge on any atom is 0.253 e. The average molecular weight is 339 g/mol. The van der Waals surface area contributed by atoms with Gasteiger partial charge < -0.3 is 10.2 Å². The van der Waals surface area contributed by atoms with E-state index >= 15 is 0 Å². The van der Waals surface area contributed by atoms with Crippen LogP contribution in [-0.4, -0.2) is 53.3 Å². The van der Waals surface area contributed by atoms with Gasteiger partial charge in [-0.25, -0.2) is 0 Å². The maximum absolute atomic E-state index is 13.1. The van der Waals surface area contributed by atoms with E-state index in [0.717, 1.165) is 56.7 Å². The lowest BCUT2D eigenvalue weighted by atomic mass is 9.86. The van der Waals surface area contributed by atoms with Gasteiger partial charge in [0.2, 0.25) is 5.91 Å². The summed E-state index contributed by atoms with van der Waals surface area (Å²) >= 11 is 0. The number of anilines is 1. The Morgan fingerprint density at radius 1 is 1.28 bits per heavy atom. The van der Waals surface area contributed by atoms with Crippen LogP contribution in [0.2, 0.25) is 0 Å². The minimum absolute atomic E-state index is 0.00236. The fraction of sp³-hybridized carbons (Fsp3) is 0.500. The average Bonchev–Trinajstić information content (AvgIpc) is 3.16. The quantitative estimate of drug-likeness (QED) is 0.861. The molecule has 0 radical (unpaired) electrons. The molecule has 3 aliphatic heterocycles. The second-order valence-electron chi connectivity index (χ2n) is 7.49. The molecule has 0 aromatic heterocycles. The van der Waals surface area contributed by atoms with Gasteiger partial charge in [-0.2, -0.15) is 0 Å². The molecule has 1 aromatic rings. The molecular formula is C20H25N3O2. The number of nitrogens with zero attached hydrogens (tertiary/aromatic N) is 2. The van der Waals surface area contributed by atoms with E-state index in [1.165, 1.54) is 6.42 Å². The van der Waals surface area contributed by atoms with Crippen LogP contribution in [0.15, 0.2) is 30.9 Å². The van der Waals surface area contributed by atoms with Gasteiger partial charge in [0, 0.05) is 36.4 Å². The van der Waals surface area contributed by atoms with E-state index in [4.69, 9.17) is 0 Å². The first kappa shape index (κ1) is 16.3. The standard InChI is InChI=1S/C20H25N3O2/c1-2-9-23-11-4-8-20(23)7-3-10-22(14-20)19(25)15-5-6-17-16(12-15)13-18(24)21-17/h2,5-6,12H,1,3-4,7-11,13-14H2,(H,21,24). The van der Waals surface area contributed by atoms with E-state index in [1.54, 1.807) is 0 Å². The van der Waals surface area contributed by atoms with Crippen LogP contribution >= 0.6 is 0 Å². The van der Waals surface area contributed by atoms with Crippen molar-refractivity contribution in [3.63, 3.8) is 0 Å². The topological polar surface area (TPSA) is 52.7 Å². The summed E-state index contributed by atoms with van der Waals surface area (Å²) in [5, 5.41) is 2.82. The van der Waals surface area contributed by atoms with Crippen LogP contribution in [0.25, 0.3) is 0 Å². The van der Waals surface area contributed by atoms with Gasteiger partial charge >= 0.3 is 0 Å². The minimum atomic E-state index is 0.00236. The number of rotatable bonds is 3. The first-order valence-corrected chi connectivity index (χ1v) is 9.19. The Bertz CT molecular complexity index is 730. The van der Waals surface area contributed by atoms with E-state index < -0.39 is 0 Å². The highest BCUT2D eigenvalue weighted by molar-refractivity contribution is 6.01. The van der Waals surface area contributed by atoms with Crippen molar-refractivity contribution in [2.24, 2.45) is 0 Å². The van der Waals surface area contributed by atoms with E-state index in [2.05, 4.69) is 16.8 Å². The molecule has 2 fully saturated rings. The summed E-state index contributed by atoms with van der Waals surface area (Å²) in [5.74, 6) is 0.0919. The van der Waals surface area contributed by atoms with Gasteiger partial charge in [0.05, 0.1) is 6.42 Å². The van der Waals surface area contributed by atoms with Crippen LogP contribution in [0.3, 0.4) is 0 Å². The summed E-state index contributed by atoms with van der Waals surface area (Å²) in [6.45, 7) is 7.50. The lowest BCUT2D eigenvalue weighted by Crippen LogP contribution is -2.56. The Balaban J connectivity index is 1.54. The molecule has 0 aliphatic carbocycles. The van der Waals surface area contributed by atoms with Gasteiger partial charge in [-0.15, -0.1) is 6.58 Å². The Kier molecular flexibility index (Phi) is 4.12. The van der Waals surface area contributed by atoms with Crippen LogP contribution in [-0.2, 0) is 11.2 Å². The van der Waals surface area contributed by atoms with Gasteiger partial charge in [0.15, 0.2) is 0 Å². The SMILES string of the molecule is C=CCN1CCCC12CCCN(C(=O)c1ccc3c(c1)CC(=O)N3)C2. The van der Waals surface area contributed by atoms with Crippen LogP contribution < -0.4 is 5.32 Å². The Hall–Kier alpha value is -2.14. The molecule has 0 saturated carbocycles. The molecule has 5 nitrogen and oxygen atoms in total. The van der Waals surface area contributed by atoms with Crippen molar-refractivity contribution in [1.29, 1.82) is 0 Å². The number of hydrogen-bond donors (Lipinski definition) is 1. The summed E-state index contributed by atoms with van der Waals surface area (Å²) in [7, 11) is 0. The minimum Gasteiger partial charge on any atom is -0.337 e. The van der Waals surface area contributed by atoms with Crippen molar-refractivity contribution in [3.8, 4) is 0 Å². The molecule has 4 rings (SSSR count). The second kappa shape index (κ2) is 6.30. The van der Waals surface area contributed by atoms with E-state index in [0.29, 0.717) is 12.0 Å². The smallest absolute Gasteiger partial charge is 0.253 e. The van der Waals surface area contributed by atoms with Crippen molar-refractivity contribution >= 4 is 17.5 Å². The maximum atomic E-state index is 13.1. The molecule has 5 heteroatoms. The Morgan fingerprint density at radius 3 is 2.88 bits per heavy atom. The Labute approximate surface area is 148 Å². The van der Waals surface area contributed by atoms with Crippen molar-refractivity contribution < 1.29 is 9.59 Å². The summed E-state index contributed by atoms with van der Waals surface area (Å²) in [4.78, 5) is 29.1. The first-order chi connectivity index (χ1) is 12.1. The van der Waals surface area contributed by atoms with Crippen LogP contribution in [0, 0.1) is 0 Å². The molecular weight excluding hydrogens is 314 g/mol. The summed E-state index contributed by atoms with van der Waals surface area (Å²) in [5.41, 5.74) is 2.58. The monoisotopic (exact) mass is 339 g/mol. The molecule has 0 bridgehead atoms. The highest BCUT2D eigenvalue weighted by Gasteiger charge is 2.44. The highest BCUT2D eigenvalue weighted by atomic mass is 16.2. The number of likely N-dealkylation sites (tertiary alicyclic amines) is 2. The van der Waals surface area contributed by atoms with Crippen molar-refractivity contribution in [1.82, 2.24) is 9.80 Å². The molecule has 1 atom stereocenters. The predicted molar refractivity (Wildman–Crippen MR) is 97.6 cm³/mol. The summed E-state index contributed by atoms with van der Waals surface area (Å²) < 4.78 is 0. The molecule has 1 aromatic carbocycles. The van der Waals surface area contributed by atoms with E-state index in [-0.39, 0.29) is 17.4 Å². The zero-order valence-corrected chi connectivity index (χ0v) is 14.6. The molecule has 1 spiro atoms. The third-order valence-corrected chi connectivity index (χ3v) is 5.91. The first-order valence-electron chi connectivity index (χ1n) is 9.19. The van der Waals surface area contributed by atoms with Gasteiger partial charge in [0.25, 0.3) is 5.91 Å². The van der Waals surface area contributed by atoms with Gasteiger partial charge in [-0.05, 0) is 56.0 Å². The Morgan fingerprint density at radius 2 is 2.08 bits per heavy atom. The number of carbonyl (C=O) groups is 2. The van der Waals surface area contributed by atoms with Gasteiger partial charge in [-0.1, -0.05) is 6.08 Å². The molecule has 3 aliphatic rings. The zero-order chi connectivity index (χ0) is 17.4.